The molecule has 1 atom stereocenters. The van der Waals surface area contributed by atoms with Gasteiger partial charge in [-0.1, -0.05) is 24.3 Å². The number of benzene rings is 1. The van der Waals surface area contributed by atoms with Crippen molar-refractivity contribution in [3.8, 4) is 11.4 Å². The van der Waals surface area contributed by atoms with Crippen molar-refractivity contribution in [3.05, 3.63) is 47.3 Å². The van der Waals surface area contributed by atoms with Gasteiger partial charge in [0, 0.05) is 34.6 Å². The monoisotopic (exact) mass is 275 g/mol. The van der Waals surface area contributed by atoms with E-state index in [1.54, 1.807) is 18.3 Å². The summed E-state index contributed by atoms with van der Waals surface area (Å²) in [6.07, 6.45) is 2.19. The van der Waals surface area contributed by atoms with Crippen LogP contribution >= 0.6 is 0 Å². The van der Waals surface area contributed by atoms with E-state index in [0.29, 0.717) is 5.82 Å². The second kappa shape index (κ2) is 5.25. The average Bonchev–Trinajstić information content (AvgIpc) is 2.47. The Morgan fingerprint density at radius 3 is 2.65 bits per heavy atom. The number of hydrogen-bond acceptors (Lipinski definition) is 3. The Hall–Kier alpha value is -1.88. The molecular formula is C15H15F2N3. The van der Waals surface area contributed by atoms with E-state index < -0.39 is 6.43 Å². The van der Waals surface area contributed by atoms with E-state index in [1.165, 1.54) is 12.1 Å². The summed E-state index contributed by atoms with van der Waals surface area (Å²) < 4.78 is 25.0. The number of alkyl halides is 2. The first-order valence-corrected chi connectivity index (χ1v) is 6.65. The molecule has 0 fully saturated rings. The van der Waals surface area contributed by atoms with Crippen molar-refractivity contribution < 1.29 is 8.78 Å². The Balaban J connectivity index is 1.94. The van der Waals surface area contributed by atoms with Gasteiger partial charge in [-0.15, -0.1) is 0 Å². The van der Waals surface area contributed by atoms with E-state index >= 15 is 0 Å². The molecule has 0 bridgehead atoms. The number of halogens is 2. The number of nitrogens with zero attached hydrogens (tertiary/aromatic N) is 2. The molecule has 1 aromatic carbocycles. The highest BCUT2D eigenvalue weighted by Gasteiger charge is 2.19. The molecule has 0 saturated carbocycles. The first-order chi connectivity index (χ1) is 9.65. The van der Waals surface area contributed by atoms with Crippen LogP contribution in [0.4, 0.5) is 8.78 Å². The second-order valence-electron chi connectivity index (χ2n) is 5.02. The van der Waals surface area contributed by atoms with Crippen LogP contribution in [-0.2, 0) is 6.42 Å². The highest BCUT2D eigenvalue weighted by molar-refractivity contribution is 5.56. The van der Waals surface area contributed by atoms with Crippen molar-refractivity contribution in [2.24, 2.45) is 5.73 Å². The van der Waals surface area contributed by atoms with Crippen LogP contribution in [0.15, 0.2) is 30.5 Å². The normalized spacial score (nSPS) is 18.1. The van der Waals surface area contributed by atoms with Crippen molar-refractivity contribution in [1.29, 1.82) is 0 Å². The molecule has 3 nitrogen and oxygen atoms in total. The van der Waals surface area contributed by atoms with E-state index in [9.17, 15) is 8.78 Å². The fourth-order valence-electron chi connectivity index (χ4n) is 2.50. The quantitative estimate of drug-likeness (QED) is 0.913. The fraction of sp³-hybridized carbons (Fsp3) is 0.333. The number of nitrogens with two attached hydrogens (primary N) is 1. The fourth-order valence-corrected chi connectivity index (χ4v) is 2.50. The Bertz CT molecular complexity index is 611. The maximum absolute atomic E-state index is 12.5. The van der Waals surface area contributed by atoms with Crippen LogP contribution in [0.1, 0.15) is 42.1 Å². The molecular weight excluding hydrogens is 260 g/mol. The Morgan fingerprint density at radius 1 is 1.20 bits per heavy atom. The molecule has 0 spiro atoms. The summed E-state index contributed by atoms with van der Waals surface area (Å²) in [6, 6.07) is 6.09. The minimum atomic E-state index is -2.45. The molecule has 5 heteroatoms. The molecule has 1 heterocycles. The van der Waals surface area contributed by atoms with Gasteiger partial charge < -0.3 is 5.73 Å². The largest absolute Gasteiger partial charge is 0.324 e. The van der Waals surface area contributed by atoms with E-state index in [2.05, 4.69) is 9.97 Å². The lowest BCUT2D eigenvalue weighted by Crippen LogP contribution is -2.19. The predicted molar refractivity (Wildman–Crippen MR) is 72.3 cm³/mol. The number of aryl methyl sites for hydroxylation is 1. The van der Waals surface area contributed by atoms with Crippen molar-refractivity contribution >= 4 is 0 Å². The molecule has 20 heavy (non-hydrogen) atoms. The van der Waals surface area contributed by atoms with Crippen LogP contribution in [0.3, 0.4) is 0 Å². The summed E-state index contributed by atoms with van der Waals surface area (Å²) in [5.74, 6) is 0.568. The van der Waals surface area contributed by atoms with Gasteiger partial charge in [-0.2, -0.15) is 0 Å². The van der Waals surface area contributed by atoms with Crippen molar-refractivity contribution in [1.82, 2.24) is 9.97 Å². The summed E-state index contributed by atoms with van der Waals surface area (Å²) in [5.41, 5.74) is 8.76. The minimum Gasteiger partial charge on any atom is -0.324 e. The van der Waals surface area contributed by atoms with Crippen LogP contribution in [0.2, 0.25) is 0 Å². The summed E-state index contributed by atoms with van der Waals surface area (Å²) >= 11 is 0. The molecule has 1 aromatic heterocycles. The van der Waals surface area contributed by atoms with Gasteiger partial charge in [0.15, 0.2) is 5.82 Å². The van der Waals surface area contributed by atoms with Crippen molar-refractivity contribution in [3.63, 3.8) is 0 Å². The maximum atomic E-state index is 12.5. The number of aromatic nitrogens is 2. The summed E-state index contributed by atoms with van der Waals surface area (Å²) in [6.45, 7) is 0. The van der Waals surface area contributed by atoms with Gasteiger partial charge in [-0.3, -0.25) is 0 Å². The van der Waals surface area contributed by atoms with Crippen LogP contribution in [0, 0.1) is 0 Å². The molecule has 1 unspecified atom stereocenters. The van der Waals surface area contributed by atoms with Crippen molar-refractivity contribution in [2.75, 3.05) is 0 Å². The zero-order valence-corrected chi connectivity index (χ0v) is 10.9. The van der Waals surface area contributed by atoms with Gasteiger partial charge in [0.05, 0.1) is 0 Å². The third-order valence-corrected chi connectivity index (χ3v) is 3.65. The van der Waals surface area contributed by atoms with Crippen LogP contribution < -0.4 is 5.73 Å². The van der Waals surface area contributed by atoms with E-state index in [-0.39, 0.29) is 11.6 Å². The number of rotatable bonds is 2. The first kappa shape index (κ1) is 13.1. The zero-order chi connectivity index (χ0) is 14.1. The molecule has 0 radical (unpaired) electrons. The predicted octanol–water partition coefficient (Wildman–Crippen LogP) is 3.42. The summed E-state index contributed by atoms with van der Waals surface area (Å²) in [4.78, 5) is 8.84. The Morgan fingerprint density at radius 2 is 1.95 bits per heavy atom. The lowest BCUT2D eigenvalue weighted by molar-refractivity contribution is 0.151. The van der Waals surface area contributed by atoms with Gasteiger partial charge >= 0.3 is 0 Å². The molecule has 3 rings (SSSR count). The smallest absolute Gasteiger partial charge is 0.263 e. The molecule has 0 aliphatic heterocycles. The number of fused-ring (bicyclic) bond motifs is 1. The van der Waals surface area contributed by atoms with Crippen LogP contribution in [0.25, 0.3) is 11.4 Å². The minimum absolute atomic E-state index is 0.00809. The van der Waals surface area contributed by atoms with Gasteiger partial charge in [-0.25, -0.2) is 18.7 Å². The van der Waals surface area contributed by atoms with Crippen LogP contribution in [-0.4, -0.2) is 9.97 Å². The molecule has 1 aliphatic carbocycles. The van der Waals surface area contributed by atoms with Gasteiger partial charge in [0.1, 0.15) is 0 Å². The Labute approximate surface area is 115 Å². The average molecular weight is 275 g/mol. The molecule has 2 N–H and O–H groups in total. The first-order valence-electron chi connectivity index (χ1n) is 6.65. The lowest BCUT2D eigenvalue weighted by Gasteiger charge is -2.21. The lowest BCUT2D eigenvalue weighted by atomic mass is 9.93. The summed E-state index contributed by atoms with van der Waals surface area (Å²) in [5, 5.41) is 0. The van der Waals surface area contributed by atoms with Crippen molar-refractivity contribution in [2.45, 2.75) is 31.7 Å². The molecule has 2 aromatic rings. The third kappa shape index (κ3) is 2.41. The zero-order valence-electron chi connectivity index (χ0n) is 10.9. The van der Waals surface area contributed by atoms with Crippen LogP contribution in [0.5, 0.6) is 0 Å². The summed E-state index contributed by atoms with van der Waals surface area (Å²) in [7, 11) is 0. The van der Waals surface area contributed by atoms with Gasteiger partial charge in [-0.05, 0) is 19.3 Å². The highest BCUT2D eigenvalue weighted by atomic mass is 19.3. The van der Waals surface area contributed by atoms with Gasteiger partial charge in [0.2, 0.25) is 0 Å². The highest BCUT2D eigenvalue weighted by Crippen LogP contribution is 2.28. The molecule has 0 saturated heterocycles. The Kier molecular flexibility index (Phi) is 3.44. The van der Waals surface area contributed by atoms with E-state index in [0.717, 1.165) is 36.1 Å². The van der Waals surface area contributed by atoms with E-state index in [4.69, 9.17) is 5.73 Å². The topological polar surface area (TPSA) is 51.8 Å². The third-order valence-electron chi connectivity index (χ3n) is 3.65. The van der Waals surface area contributed by atoms with Gasteiger partial charge in [0.25, 0.3) is 6.43 Å². The standard InChI is InChI=1S/C15H15F2N3/c16-14(17)9-4-6-10(7-5-9)15-19-8-11-12(18)2-1-3-13(11)20-15/h4-8,12,14H,1-3,18H2. The second-order valence-corrected chi connectivity index (χ2v) is 5.02. The molecule has 1 aliphatic rings. The SMILES string of the molecule is NC1CCCc2nc(-c3ccc(C(F)F)cc3)ncc21. The number of hydrogen-bond donors (Lipinski definition) is 1. The maximum Gasteiger partial charge on any atom is 0.263 e. The van der Waals surface area contributed by atoms with E-state index in [1.807, 2.05) is 0 Å². The molecule has 0 amide bonds. The molecule has 104 valence electrons.